The molecule has 0 aromatic heterocycles. The summed E-state index contributed by atoms with van der Waals surface area (Å²) in [6.45, 7) is 2.36. The zero-order valence-corrected chi connectivity index (χ0v) is 16.4. The molecule has 2 rings (SSSR count). The molecule has 2 aromatic rings. The number of carbonyl (C=O) groups excluding carboxylic acids is 1. The standard InChI is InChI=1S/C16H13Br2ClN2O3/c1-2-24-14-4-3-11(19)5-9(14)8-20-21-16(23)12-6-10(17)7-13(18)15(12)22/h3-8,22H,2H2,1H3,(H,21,23)/b20-8-. The summed E-state index contributed by atoms with van der Waals surface area (Å²) in [4.78, 5) is 12.2. The van der Waals surface area contributed by atoms with Gasteiger partial charge in [0.25, 0.3) is 5.91 Å². The maximum absolute atomic E-state index is 12.2. The van der Waals surface area contributed by atoms with Crippen LogP contribution in [0.25, 0.3) is 0 Å². The molecule has 0 bridgehead atoms. The number of nitrogens with zero attached hydrogens (tertiary/aromatic N) is 1. The molecule has 0 saturated carbocycles. The average Bonchev–Trinajstić information content (AvgIpc) is 2.53. The summed E-state index contributed by atoms with van der Waals surface area (Å²) in [5.41, 5.74) is 3.08. The Morgan fingerprint density at radius 2 is 2.12 bits per heavy atom. The van der Waals surface area contributed by atoms with E-state index in [9.17, 15) is 9.90 Å². The van der Waals surface area contributed by atoms with Crippen LogP contribution >= 0.6 is 43.5 Å². The van der Waals surface area contributed by atoms with Crippen LogP contribution in [0, 0.1) is 0 Å². The lowest BCUT2D eigenvalue weighted by molar-refractivity contribution is 0.0952. The van der Waals surface area contributed by atoms with Gasteiger partial charge in [0.05, 0.1) is 22.9 Å². The first-order valence-corrected chi connectivity index (χ1v) is 8.82. The van der Waals surface area contributed by atoms with Crippen molar-refractivity contribution in [1.29, 1.82) is 0 Å². The Morgan fingerprint density at radius 3 is 2.83 bits per heavy atom. The van der Waals surface area contributed by atoms with Crippen molar-refractivity contribution in [3.8, 4) is 11.5 Å². The maximum atomic E-state index is 12.2. The summed E-state index contributed by atoms with van der Waals surface area (Å²) in [6, 6.07) is 8.24. The molecule has 0 saturated heterocycles. The van der Waals surface area contributed by atoms with Gasteiger partial charge >= 0.3 is 0 Å². The number of hydrazone groups is 1. The van der Waals surface area contributed by atoms with E-state index in [1.165, 1.54) is 12.3 Å². The zero-order valence-electron chi connectivity index (χ0n) is 12.5. The van der Waals surface area contributed by atoms with Gasteiger partial charge in [-0.05, 0) is 53.2 Å². The number of halogens is 3. The number of benzene rings is 2. The summed E-state index contributed by atoms with van der Waals surface area (Å²) in [5, 5.41) is 14.4. The Hall–Kier alpha value is -1.57. The minimum absolute atomic E-state index is 0.0875. The Kier molecular flexibility index (Phi) is 6.65. The third-order valence-corrected chi connectivity index (χ3v) is 4.21. The average molecular weight is 477 g/mol. The third-order valence-electron chi connectivity index (χ3n) is 2.91. The summed E-state index contributed by atoms with van der Waals surface area (Å²) in [5.74, 6) is -0.109. The van der Waals surface area contributed by atoms with Crippen molar-refractivity contribution < 1.29 is 14.6 Å². The first-order chi connectivity index (χ1) is 11.4. The molecule has 2 N–H and O–H groups in total. The normalized spacial score (nSPS) is 10.8. The molecule has 1 amide bonds. The van der Waals surface area contributed by atoms with Gasteiger partial charge in [0.2, 0.25) is 0 Å². The van der Waals surface area contributed by atoms with Crippen LogP contribution in [0.5, 0.6) is 11.5 Å². The van der Waals surface area contributed by atoms with Gasteiger partial charge in [-0.2, -0.15) is 5.10 Å². The second kappa shape index (κ2) is 8.50. The molecule has 0 heterocycles. The van der Waals surface area contributed by atoms with E-state index in [-0.39, 0.29) is 11.3 Å². The van der Waals surface area contributed by atoms with Crippen LogP contribution in [-0.2, 0) is 0 Å². The highest BCUT2D eigenvalue weighted by molar-refractivity contribution is 9.11. The summed E-state index contributed by atoms with van der Waals surface area (Å²) in [7, 11) is 0. The molecule has 126 valence electrons. The molecule has 5 nitrogen and oxygen atoms in total. The molecule has 2 aromatic carbocycles. The van der Waals surface area contributed by atoms with Crippen molar-refractivity contribution in [3.63, 3.8) is 0 Å². The van der Waals surface area contributed by atoms with Gasteiger partial charge in [0.15, 0.2) is 0 Å². The summed E-state index contributed by atoms with van der Waals surface area (Å²) in [6.07, 6.45) is 1.43. The van der Waals surface area contributed by atoms with E-state index in [1.807, 2.05) is 6.92 Å². The van der Waals surface area contributed by atoms with E-state index in [0.717, 1.165) is 0 Å². The number of ether oxygens (including phenoxy) is 1. The highest BCUT2D eigenvalue weighted by Crippen LogP contribution is 2.31. The van der Waals surface area contributed by atoms with E-state index >= 15 is 0 Å². The summed E-state index contributed by atoms with van der Waals surface area (Å²) >= 11 is 12.4. The fraction of sp³-hybridized carbons (Fsp3) is 0.125. The molecule has 0 spiro atoms. The van der Waals surface area contributed by atoms with E-state index in [1.54, 1.807) is 24.3 Å². The number of rotatable bonds is 5. The van der Waals surface area contributed by atoms with Crippen molar-refractivity contribution in [2.45, 2.75) is 6.92 Å². The van der Waals surface area contributed by atoms with Gasteiger partial charge in [0, 0.05) is 15.1 Å². The maximum Gasteiger partial charge on any atom is 0.275 e. The highest BCUT2D eigenvalue weighted by atomic mass is 79.9. The van der Waals surface area contributed by atoms with Crippen LogP contribution in [0.4, 0.5) is 0 Å². The number of hydrogen-bond donors (Lipinski definition) is 2. The summed E-state index contributed by atoms with van der Waals surface area (Å²) < 4.78 is 6.52. The number of carbonyl (C=O) groups is 1. The van der Waals surface area contributed by atoms with Gasteiger partial charge in [-0.1, -0.05) is 27.5 Å². The molecule has 0 aliphatic heterocycles. The number of phenolic OH excluding ortho intramolecular Hbond substituents is 1. The Morgan fingerprint density at radius 1 is 1.38 bits per heavy atom. The predicted octanol–water partition coefficient (Wildman–Crippen LogP) is 4.73. The van der Waals surface area contributed by atoms with E-state index < -0.39 is 5.91 Å². The minimum Gasteiger partial charge on any atom is -0.506 e. The van der Waals surface area contributed by atoms with Crippen LogP contribution in [0.3, 0.4) is 0 Å². The lowest BCUT2D eigenvalue weighted by Crippen LogP contribution is -2.18. The first kappa shape index (κ1) is 18.8. The van der Waals surface area contributed by atoms with Crippen molar-refractivity contribution in [3.05, 3.63) is 55.4 Å². The van der Waals surface area contributed by atoms with Crippen LogP contribution in [0.1, 0.15) is 22.8 Å². The highest BCUT2D eigenvalue weighted by Gasteiger charge is 2.14. The number of nitrogens with one attached hydrogen (secondary N) is 1. The molecule has 0 aliphatic rings. The molecule has 0 aliphatic carbocycles. The van der Waals surface area contributed by atoms with Crippen molar-refractivity contribution in [2.75, 3.05) is 6.61 Å². The van der Waals surface area contributed by atoms with E-state index in [4.69, 9.17) is 16.3 Å². The van der Waals surface area contributed by atoms with Crippen molar-refractivity contribution >= 4 is 55.6 Å². The third kappa shape index (κ3) is 4.72. The molecule has 0 fully saturated rings. The Labute approximate surface area is 160 Å². The zero-order chi connectivity index (χ0) is 17.7. The second-order valence-electron chi connectivity index (χ2n) is 4.60. The largest absolute Gasteiger partial charge is 0.506 e. The lowest BCUT2D eigenvalue weighted by atomic mass is 10.2. The van der Waals surface area contributed by atoms with Gasteiger partial charge in [-0.25, -0.2) is 5.43 Å². The first-order valence-electron chi connectivity index (χ1n) is 6.86. The Bertz CT molecular complexity index is 797. The van der Waals surface area contributed by atoms with Crippen LogP contribution < -0.4 is 10.2 Å². The number of amides is 1. The van der Waals surface area contributed by atoms with Gasteiger partial charge in [-0.3, -0.25) is 4.79 Å². The molecule has 0 unspecified atom stereocenters. The monoisotopic (exact) mass is 474 g/mol. The van der Waals surface area contributed by atoms with E-state index in [0.29, 0.717) is 31.9 Å². The smallest absolute Gasteiger partial charge is 0.275 e. The number of aromatic hydroxyl groups is 1. The fourth-order valence-electron chi connectivity index (χ4n) is 1.87. The lowest BCUT2D eigenvalue weighted by Gasteiger charge is -2.08. The van der Waals surface area contributed by atoms with Gasteiger partial charge in [-0.15, -0.1) is 0 Å². The Balaban J connectivity index is 2.18. The minimum atomic E-state index is -0.550. The molecule has 0 atom stereocenters. The van der Waals surface area contributed by atoms with Gasteiger partial charge in [0.1, 0.15) is 11.5 Å². The van der Waals surface area contributed by atoms with Gasteiger partial charge < -0.3 is 9.84 Å². The fourth-order valence-corrected chi connectivity index (χ4v) is 3.27. The van der Waals surface area contributed by atoms with Crippen molar-refractivity contribution in [1.82, 2.24) is 5.43 Å². The molecular formula is C16H13Br2ClN2O3. The van der Waals surface area contributed by atoms with Crippen molar-refractivity contribution in [2.24, 2.45) is 5.10 Å². The molecule has 0 radical (unpaired) electrons. The van der Waals surface area contributed by atoms with Crippen LogP contribution in [-0.4, -0.2) is 23.8 Å². The number of hydrogen-bond acceptors (Lipinski definition) is 4. The predicted molar refractivity (Wildman–Crippen MR) is 101 cm³/mol. The number of phenols is 1. The molecule has 8 heteroatoms. The van der Waals surface area contributed by atoms with Crippen LogP contribution in [0.15, 0.2) is 44.4 Å². The van der Waals surface area contributed by atoms with E-state index in [2.05, 4.69) is 42.4 Å². The van der Waals surface area contributed by atoms with Crippen LogP contribution in [0.2, 0.25) is 5.02 Å². The molecular weight excluding hydrogens is 463 g/mol. The molecule has 24 heavy (non-hydrogen) atoms. The SMILES string of the molecule is CCOc1ccc(Cl)cc1/C=N\NC(=O)c1cc(Br)cc(Br)c1O. The second-order valence-corrected chi connectivity index (χ2v) is 6.80. The quantitative estimate of drug-likeness (QED) is 0.484. The topological polar surface area (TPSA) is 70.9 Å².